The molecular weight excluding hydrogens is 242 g/mol. The van der Waals surface area contributed by atoms with Crippen LogP contribution in [-0.4, -0.2) is 42.6 Å². The first kappa shape index (κ1) is 14.0. The van der Waals surface area contributed by atoms with Crippen LogP contribution < -0.4 is 5.32 Å². The fraction of sp³-hybridized carbons (Fsp3) is 0.786. The fourth-order valence-electron chi connectivity index (χ4n) is 2.70. The monoisotopic (exact) mass is 267 g/mol. The summed E-state index contributed by atoms with van der Waals surface area (Å²) in [6.45, 7) is 10.3. The van der Waals surface area contributed by atoms with Crippen LogP contribution in [0.3, 0.4) is 0 Å². The van der Waals surface area contributed by atoms with Gasteiger partial charge < -0.3 is 10.2 Å². The summed E-state index contributed by atoms with van der Waals surface area (Å²) in [4.78, 5) is 8.42. The van der Waals surface area contributed by atoms with Crippen LogP contribution in [0, 0.1) is 12.8 Å². The number of rotatable bonds is 6. The Kier molecular flexibility index (Phi) is 5.60. The Labute approximate surface area is 115 Å². The first-order valence-corrected chi connectivity index (χ1v) is 7.99. The van der Waals surface area contributed by atoms with Crippen LogP contribution in [0.5, 0.6) is 0 Å². The molecule has 102 valence electrons. The minimum absolute atomic E-state index is 0.848. The van der Waals surface area contributed by atoms with Gasteiger partial charge in [0.1, 0.15) is 0 Å². The Balaban J connectivity index is 1.74. The number of thiazole rings is 1. The average molecular weight is 267 g/mol. The molecule has 0 aromatic carbocycles. The van der Waals surface area contributed by atoms with E-state index in [4.69, 9.17) is 0 Å². The zero-order valence-electron chi connectivity index (χ0n) is 11.6. The molecule has 1 aromatic heterocycles. The molecule has 0 aliphatic carbocycles. The highest BCUT2D eigenvalue weighted by Crippen LogP contribution is 2.18. The maximum absolute atomic E-state index is 4.33. The molecule has 0 amide bonds. The first-order chi connectivity index (χ1) is 8.79. The molecule has 0 bridgehead atoms. The topological polar surface area (TPSA) is 28.2 Å². The molecule has 1 aliphatic heterocycles. The smallest absolute Gasteiger partial charge is 0.0797 e. The van der Waals surface area contributed by atoms with Gasteiger partial charge in [0.15, 0.2) is 0 Å². The molecule has 18 heavy (non-hydrogen) atoms. The van der Waals surface area contributed by atoms with E-state index in [0.29, 0.717) is 0 Å². The molecule has 1 saturated heterocycles. The lowest BCUT2D eigenvalue weighted by molar-refractivity contribution is 0.175. The Morgan fingerprint density at radius 1 is 1.56 bits per heavy atom. The lowest BCUT2D eigenvalue weighted by Gasteiger charge is -2.32. The van der Waals surface area contributed by atoms with Crippen molar-refractivity contribution in [1.29, 1.82) is 0 Å². The summed E-state index contributed by atoms with van der Waals surface area (Å²) in [5.41, 5.74) is 3.19. The highest BCUT2D eigenvalue weighted by Gasteiger charge is 2.19. The van der Waals surface area contributed by atoms with E-state index in [-0.39, 0.29) is 0 Å². The molecule has 1 atom stereocenters. The van der Waals surface area contributed by atoms with Crippen molar-refractivity contribution < 1.29 is 0 Å². The molecule has 4 heteroatoms. The summed E-state index contributed by atoms with van der Waals surface area (Å²) < 4.78 is 0. The van der Waals surface area contributed by atoms with Crippen molar-refractivity contribution in [2.75, 3.05) is 32.7 Å². The predicted octanol–water partition coefficient (Wildman–Crippen LogP) is 2.32. The van der Waals surface area contributed by atoms with Crippen molar-refractivity contribution in [2.45, 2.75) is 33.1 Å². The summed E-state index contributed by atoms with van der Waals surface area (Å²) in [5, 5.41) is 3.48. The van der Waals surface area contributed by atoms with Crippen LogP contribution in [0.15, 0.2) is 5.51 Å². The van der Waals surface area contributed by atoms with E-state index >= 15 is 0 Å². The summed E-state index contributed by atoms with van der Waals surface area (Å²) in [5.74, 6) is 0.848. The van der Waals surface area contributed by atoms with Gasteiger partial charge in [0, 0.05) is 18.0 Å². The Hall–Kier alpha value is -0.450. The van der Waals surface area contributed by atoms with Gasteiger partial charge in [0.25, 0.3) is 0 Å². The lowest BCUT2D eigenvalue weighted by Crippen LogP contribution is -2.40. The standard InChI is InChI=1S/C14H25N3S/c1-3-15-9-13-5-4-7-17(10-13)8-6-14-12(2)16-11-18-14/h11,13,15H,3-10H2,1-2H3. The number of aryl methyl sites for hydroxylation is 1. The van der Waals surface area contributed by atoms with Crippen LogP contribution in [0.25, 0.3) is 0 Å². The molecule has 0 saturated carbocycles. The van der Waals surface area contributed by atoms with Gasteiger partial charge in [-0.25, -0.2) is 4.98 Å². The molecule has 0 radical (unpaired) electrons. The first-order valence-electron chi connectivity index (χ1n) is 7.11. The summed E-state index contributed by atoms with van der Waals surface area (Å²) in [6.07, 6.45) is 3.92. The third kappa shape index (κ3) is 4.04. The van der Waals surface area contributed by atoms with Gasteiger partial charge in [-0.1, -0.05) is 6.92 Å². The van der Waals surface area contributed by atoms with Gasteiger partial charge in [0.2, 0.25) is 0 Å². The molecule has 1 unspecified atom stereocenters. The highest BCUT2D eigenvalue weighted by molar-refractivity contribution is 7.09. The number of piperidine rings is 1. The summed E-state index contributed by atoms with van der Waals surface area (Å²) in [7, 11) is 0. The van der Waals surface area contributed by atoms with Crippen LogP contribution >= 0.6 is 11.3 Å². The molecule has 1 N–H and O–H groups in total. The van der Waals surface area contributed by atoms with Crippen molar-refractivity contribution in [3.8, 4) is 0 Å². The maximum Gasteiger partial charge on any atom is 0.0797 e. The SMILES string of the molecule is CCNCC1CCCN(CCc2scnc2C)C1. The van der Waals surface area contributed by atoms with Crippen LogP contribution in [0.1, 0.15) is 30.3 Å². The number of hydrogen-bond acceptors (Lipinski definition) is 4. The second kappa shape index (κ2) is 7.22. The third-order valence-corrected chi connectivity index (χ3v) is 4.78. The van der Waals surface area contributed by atoms with Crippen molar-refractivity contribution in [2.24, 2.45) is 5.92 Å². The van der Waals surface area contributed by atoms with E-state index < -0.39 is 0 Å². The van der Waals surface area contributed by atoms with Gasteiger partial charge in [-0.2, -0.15) is 0 Å². The average Bonchev–Trinajstić information content (AvgIpc) is 2.80. The van der Waals surface area contributed by atoms with Gasteiger partial charge in [-0.05, 0) is 51.7 Å². The second-order valence-corrected chi connectivity index (χ2v) is 6.17. The Morgan fingerprint density at radius 3 is 3.17 bits per heavy atom. The van der Waals surface area contributed by atoms with Crippen LogP contribution in [0.2, 0.25) is 0 Å². The number of nitrogens with zero attached hydrogens (tertiary/aromatic N) is 2. The van der Waals surface area contributed by atoms with Crippen molar-refractivity contribution in [3.63, 3.8) is 0 Å². The number of aromatic nitrogens is 1. The molecule has 1 aliphatic rings. The summed E-state index contributed by atoms with van der Waals surface area (Å²) in [6, 6.07) is 0. The van der Waals surface area contributed by atoms with Crippen molar-refractivity contribution >= 4 is 11.3 Å². The van der Waals surface area contributed by atoms with Crippen LogP contribution in [0.4, 0.5) is 0 Å². The molecule has 0 spiro atoms. The zero-order valence-corrected chi connectivity index (χ0v) is 12.4. The van der Waals surface area contributed by atoms with Gasteiger partial charge in [-0.3, -0.25) is 0 Å². The van der Waals surface area contributed by atoms with Crippen molar-refractivity contribution in [3.05, 3.63) is 16.1 Å². The largest absolute Gasteiger partial charge is 0.317 e. The van der Waals surface area contributed by atoms with E-state index in [1.54, 1.807) is 11.3 Å². The number of likely N-dealkylation sites (tertiary alicyclic amines) is 1. The molecule has 3 nitrogen and oxygen atoms in total. The molecule has 2 rings (SSSR count). The van der Waals surface area contributed by atoms with E-state index in [2.05, 4.69) is 29.0 Å². The fourth-order valence-corrected chi connectivity index (χ4v) is 3.47. The quantitative estimate of drug-likeness (QED) is 0.857. The van der Waals surface area contributed by atoms with Gasteiger partial charge in [-0.15, -0.1) is 11.3 Å². The van der Waals surface area contributed by atoms with Crippen LogP contribution in [-0.2, 0) is 6.42 Å². The van der Waals surface area contributed by atoms with E-state index in [9.17, 15) is 0 Å². The molecule has 1 aromatic rings. The predicted molar refractivity (Wildman–Crippen MR) is 78.3 cm³/mol. The number of hydrogen-bond donors (Lipinski definition) is 1. The minimum Gasteiger partial charge on any atom is -0.317 e. The lowest BCUT2D eigenvalue weighted by atomic mass is 9.98. The molecule has 2 heterocycles. The van der Waals surface area contributed by atoms with Gasteiger partial charge in [0.05, 0.1) is 11.2 Å². The second-order valence-electron chi connectivity index (χ2n) is 5.23. The minimum atomic E-state index is 0.848. The zero-order chi connectivity index (χ0) is 12.8. The normalized spacial score (nSPS) is 21.3. The summed E-state index contributed by atoms with van der Waals surface area (Å²) >= 11 is 1.80. The third-order valence-electron chi connectivity index (χ3n) is 3.79. The van der Waals surface area contributed by atoms with Crippen molar-refractivity contribution in [1.82, 2.24) is 15.2 Å². The maximum atomic E-state index is 4.33. The number of nitrogens with one attached hydrogen (secondary N) is 1. The Bertz CT molecular complexity index is 351. The van der Waals surface area contributed by atoms with E-state index in [1.807, 2.05) is 5.51 Å². The van der Waals surface area contributed by atoms with E-state index in [0.717, 1.165) is 12.5 Å². The van der Waals surface area contributed by atoms with E-state index in [1.165, 1.54) is 56.0 Å². The highest BCUT2D eigenvalue weighted by atomic mass is 32.1. The molecule has 1 fully saturated rings. The Morgan fingerprint density at radius 2 is 2.44 bits per heavy atom. The molecular formula is C14H25N3S. The van der Waals surface area contributed by atoms with Gasteiger partial charge >= 0.3 is 0 Å².